The van der Waals surface area contributed by atoms with Crippen LogP contribution in [0.4, 0.5) is 0 Å². The van der Waals surface area contributed by atoms with Crippen molar-refractivity contribution in [3.05, 3.63) is 45.7 Å². The molecule has 152 valence electrons. The maximum Gasteiger partial charge on any atom is 0.223 e. The van der Waals surface area contributed by atoms with Gasteiger partial charge in [0.2, 0.25) is 5.91 Å². The van der Waals surface area contributed by atoms with Gasteiger partial charge in [-0.3, -0.25) is 9.48 Å². The molecule has 0 bridgehead atoms. The minimum Gasteiger partial charge on any atom is -0.494 e. The largest absolute Gasteiger partial charge is 0.494 e. The van der Waals surface area contributed by atoms with Crippen molar-refractivity contribution in [2.24, 2.45) is 0 Å². The van der Waals surface area contributed by atoms with Gasteiger partial charge < -0.3 is 9.64 Å². The summed E-state index contributed by atoms with van der Waals surface area (Å²) in [5.74, 6) is 0.991. The van der Waals surface area contributed by atoms with Gasteiger partial charge in [-0.25, -0.2) is 0 Å². The highest BCUT2D eigenvalue weighted by Gasteiger charge is 2.27. The van der Waals surface area contributed by atoms with Crippen LogP contribution in [0.2, 0.25) is 5.02 Å². The normalized spacial score (nSPS) is 14.1. The molecule has 0 spiro atoms. The van der Waals surface area contributed by atoms with E-state index in [0.29, 0.717) is 26.0 Å². The molecule has 1 aromatic carbocycles. The molecule has 1 aliphatic rings. The molecule has 1 amide bonds. The fraction of sp³-hybridized carbons (Fsp3) is 0.545. The molecular weight excluding hydrogens is 374 g/mol. The van der Waals surface area contributed by atoms with Crippen molar-refractivity contribution in [1.29, 1.82) is 0 Å². The molecule has 0 fully saturated rings. The van der Waals surface area contributed by atoms with Crippen molar-refractivity contribution >= 4 is 17.5 Å². The molecule has 0 radical (unpaired) electrons. The quantitative estimate of drug-likeness (QED) is 0.682. The Bertz CT molecular complexity index is 844. The molecule has 6 heteroatoms. The van der Waals surface area contributed by atoms with E-state index in [1.807, 2.05) is 37.1 Å². The van der Waals surface area contributed by atoms with Crippen LogP contribution in [-0.4, -0.2) is 33.7 Å². The first-order valence-corrected chi connectivity index (χ1v) is 10.3. The lowest BCUT2D eigenvalue weighted by molar-refractivity contribution is -0.132. The van der Waals surface area contributed by atoms with Gasteiger partial charge in [-0.15, -0.1) is 0 Å². The Balaban J connectivity index is 1.49. The van der Waals surface area contributed by atoms with Crippen LogP contribution in [0.15, 0.2) is 18.3 Å². The van der Waals surface area contributed by atoms with Gasteiger partial charge in [0.15, 0.2) is 0 Å². The second-order valence-electron chi connectivity index (χ2n) is 8.59. The van der Waals surface area contributed by atoms with Crippen molar-refractivity contribution in [3.63, 3.8) is 0 Å². The molecule has 0 unspecified atom stereocenters. The lowest BCUT2D eigenvalue weighted by Gasteiger charge is -2.30. The molecule has 1 aromatic heterocycles. The fourth-order valence-corrected chi connectivity index (χ4v) is 3.79. The molecule has 2 aromatic rings. The van der Waals surface area contributed by atoms with E-state index in [2.05, 4.69) is 30.6 Å². The van der Waals surface area contributed by atoms with Crippen LogP contribution >= 0.6 is 11.6 Å². The highest BCUT2D eigenvalue weighted by Crippen LogP contribution is 2.27. The predicted molar refractivity (Wildman–Crippen MR) is 112 cm³/mol. The number of hydrogen-bond donors (Lipinski definition) is 0. The zero-order chi connectivity index (χ0) is 20.5. The molecule has 1 aliphatic heterocycles. The van der Waals surface area contributed by atoms with Crippen LogP contribution in [0.5, 0.6) is 5.75 Å². The summed E-state index contributed by atoms with van der Waals surface area (Å²) in [4.78, 5) is 14.5. The van der Waals surface area contributed by atoms with Gasteiger partial charge in [0.25, 0.3) is 0 Å². The lowest BCUT2D eigenvalue weighted by atomic mass is 10.0. The minimum atomic E-state index is -0.0323. The number of halogens is 1. The lowest BCUT2D eigenvalue weighted by Crippen LogP contribution is -2.37. The molecule has 0 N–H and O–H groups in total. The van der Waals surface area contributed by atoms with Gasteiger partial charge in [-0.05, 0) is 64.3 Å². The number of rotatable bonds is 5. The molecule has 2 heterocycles. The van der Waals surface area contributed by atoms with Gasteiger partial charge in [0.05, 0.1) is 18.3 Å². The molecule has 0 saturated carbocycles. The number of hydrogen-bond acceptors (Lipinski definition) is 3. The average molecular weight is 404 g/mol. The summed E-state index contributed by atoms with van der Waals surface area (Å²) in [6.45, 7) is 12.3. The van der Waals surface area contributed by atoms with Crippen molar-refractivity contribution in [3.8, 4) is 5.75 Å². The van der Waals surface area contributed by atoms with E-state index >= 15 is 0 Å². The Hall–Kier alpha value is -2.01. The van der Waals surface area contributed by atoms with Gasteiger partial charge in [-0.2, -0.15) is 5.10 Å². The van der Waals surface area contributed by atoms with Crippen molar-refractivity contribution < 1.29 is 9.53 Å². The summed E-state index contributed by atoms with van der Waals surface area (Å²) in [6, 6.07) is 3.88. The number of carbonyl (C=O) groups is 1. The van der Waals surface area contributed by atoms with E-state index in [4.69, 9.17) is 16.3 Å². The monoisotopic (exact) mass is 403 g/mol. The van der Waals surface area contributed by atoms with E-state index in [1.165, 1.54) is 5.69 Å². The number of benzene rings is 1. The average Bonchev–Trinajstić information content (AvgIpc) is 3.06. The number of fused-ring (bicyclic) bond motifs is 1. The SMILES string of the molecule is Cc1cc(OCCCC(=O)N2CCc3c(cnn3C(C)(C)C)C2)cc(C)c1Cl. The Morgan fingerprint density at radius 1 is 1.25 bits per heavy atom. The third kappa shape index (κ3) is 4.52. The summed E-state index contributed by atoms with van der Waals surface area (Å²) in [5, 5.41) is 5.32. The van der Waals surface area contributed by atoms with Crippen LogP contribution in [-0.2, 0) is 23.3 Å². The molecule has 0 aliphatic carbocycles. The number of nitrogens with zero attached hydrogens (tertiary/aromatic N) is 3. The third-order valence-corrected chi connectivity index (χ3v) is 5.73. The third-order valence-electron chi connectivity index (χ3n) is 5.14. The number of aryl methyl sites for hydroxylation is 2. The first-order chi connectivity index (χ1) is 13.2. The van der Waals surface area contributed by atoms with Crippen LogP contribution in [0.1, 0.15) is 56.0 Å². The fourth-order valence-electron chi connectivity index (χ4n) is 3.68. The summed E-state index contributed by atoms with van der Waals surface area (Å²) in [7, 11) is 0. The van der Waals surface area contributed by atoms with Crippen LogP contribution < -0.4 is 4.74 Å². The standard InChI is InChI=1S/C22H30ClN3O2/c1-15-11-18(12-16(2)21(15)23)28-10-6-7-20(27)25-9-8-19-17(14-25)13-24-26(19)22(3,4)5/h11-13H,6-10,14H2,1-5H3. The molecular formula is C22H30ClN3O2. The van der Waals surface area contributed by atoms with Crippen LogP contribution in [0.3, 0.4) is 0 Å². The highest BCUT2D eigenvalue weighted by atomic mass is 35.5. The van der Waals surface area contributed by atoms with Crippen LogP contribution in [0, 0.1) is 13.8 Å². The Morgan fingerprint density at radius 3 is 2.57 bits per heavy atom. The van der Waals surface area contributed by atoms with Gasteiger partial charge in [0.1, 0.15) is 5.75 Å². The smallest absolute Gasteiger partial charge is 0.223 e. The summed E-state index contributed by atoms with van der Waals surface area (Å²) in [6.07, 6.45) is 3.96. The maximum atomic E-state index is 12.6. The van der Waals surface area contributed by atoms with Crippen LogP contribution in [0.25, 0.3) is 0 Å². The van der Waals surface area contributed by atoms with Gasteiger partial charge in [0, 0.05) is 42.2 Å². The second-order valence-corrected chi connectivity index (χ2v) is 8.97. The number of aromatic nitrogens is 2. The highest BCUT2D eigenvalue weighted by molar-refractivity contribution is 6.32. The number of ether oxygens (including phenoxy) is 1. The van der Waals surface area contributed by atoms with E-state index in [0.717, 1.165) is 40.4 Å². The van der Waals surface area contributed by atoms with Gasteiger partial charge >= 0.3 is 0 Å². The zero-order valence-corrected chi connectivity index (χ0v) is 18.3. The van der Waals surface area contributed by atoms with Crippen molar-refractivity contribution in [2.45, 2.75) is 66.0 Å². The molecule has 0 atom stereocenters. The van der Waals surface area contributed by atoms with E-state index < -0.39 is 0 Å². The van der Waals surface area contributed by atoms with Crippen molar-refractivity contribution in [1.82, 2.24) is 14.7 Å². The Labute approximate surface area is 172 Å². The first kappa shape index (κ1) is 20.7. The van der Waals surface area contributed by atoms with Crippen molar-refractivity contribution in [2.75, 3.05) is 13.2 Å². The Kier molecular flexibility index (Phi) is 6.04. The summed E-state index contributed by atoms with van der Waals surface area (Å²) in [5.41, 5.74) is 4.40. The van der Waals surface area contributed by atoms with E-state index in [-0.39, 0.29) is 11.4 Å². The molecule has 3 rings (SSSR count). The van der Waals surface area contributed by atoms with Gasteiger partial charge in [-0.1, -0.05) is 11.6 Å². The Morgan fingerprint density at radius 2 is 1.93 bits per heavy atom. The molecule has 0 saturated heterocycles. The molecule has 5 nitrogen and oxygen atoms in total. The maximum absolute atomic E-state index is 12.6. The first-order valence-electron chi connectivity index (χ1n) is 9.90. The predicted octanol–water partition coefficient (Wildman–Crippen LogP) is 4.65. The second kappa shape index (κ2) is 8.16. The summed E-state index contributed by atoms with van der Waals surface area (Å²) >= 11 is 6.19. The minimum absolute atomic E-state index is 0.0323. The number of amides is 1. The topological polar surface area (TPSA) is 47.4 Å². The number of carbonyl (C=O) groups excluding carboxylic acids is 1. The zero-order valence-electron chi connectivity index (χ0n) is 17.5. The molecule has 28 heavy (non-hydrogen) atoms. The summed E-state index contributed by atoms with van der Waals surface area (Å²) < 4.78 is 7.91. The van der Waals surface area contributed by atoms with E-state index in [9.17, 15) is 4.79 Å². The van der Waals surface area contributed by atoms with E-state index in [1.54, 1.807) is 0 Å².